The van der Waals surface area contributed by atoms with Gasteiger partial charge in [-0.3, -0.25) is 4.79 Å². The Kier molecular flexibility index (Phi) is 7.04. The number of piperidine rings is 1. The molecule has 8 nitrogen and oxygen atoms in total. The van der Waals surface area contributed by atoms with Gasteiger partial charge < -0.3 is 26.0 Å². The normalized spacial score (nSPS) is 14.8. The fourth-order valence-electron chi connectivity index (χ4n) is 3.84. The lowest BCUT2D eigenvalue weighted by Gasteiger charge is -2.34. The summed E-state index contributed by atoms with van der Waals surface area (Å²) in [5, 5.41) is 6.60. The van der Waals surface area contributed by atoms with Gasteiger partial charge in [0.1, 0.15) is 22.9 Å². The van der Waals surface area contributed by atoms with Gasteiger partial charge in [0, 0.05) is 37.1 Å². The third-order valence-corrected chi connectivity index (χ3v) is 5.74. The smallest absolute Gasteiger partial charge is 0.254 e. The first-order valence-corrected chi connectivity index (χ1v) is 11.3. The molecule has 0 aliphatic carbocycles. The van der Waals surface area contributed by atoms with E-state index < -0.39 is 5.91 Å². The molecule has 0 saturated carbocycles. The predicted octanol–water partition coefficient (Wildman–Crippen LogP) is 4.40. The van der Waals surface area contributed by atoms with Crippen LogP contribution in [0.2, 0.25) is 0 Å². The van der Waals surface area contributed by atoms with Crippen molar-refractivity contribution in [2.45, 2.75) is 38.8 Å². The van der Waals surface area contributed by atoms with Gasteiger partial charge in [0.2, 0.25) is 5.95 Å². The molecule has 4 rings (SSSR count). The Labute approximate surface area is 194 Å². The molecule has 4 N–H and O–H groups in total. The van der Waals surface area contributed by atoms with Gasteiger partial charge in [-0.1, -0.05) is 18.2 Å². The molecule has 8 heteroatoms. The zero-order chi connectivity index (χ0) is 23.2. The van der Waals surface area contributed by atoms with Gasteiger partial charge in [-0.2, -0.15) is 4.98 Å². The molecule has 0 unspecified atom stereocenters. The van der Waals surface area contributed by atoms with Crippen molar-refractivity contribution >= 4 is 23.4 Å². The number of benzene rings is 2. The summed E-state index contributed by atoms with van der Waals surface area (Å²) in [4.78, 5) is 23.3. The summed E-state index contributed by atoms with van der Waals surface area (Å²) in [7, 11) is 0. The summed E-state index contributed by atoms with van der Waals surface area (Å²) < 4.78 is 5.83. The molecule has 172 valence electrons. The second-order valence-corrected chi connectivity index (χ2v) is 8.43. The van der Waals surface area contributed by atoms with Gasteiger partial charge in [-0.25, -0.2) is 4.98 Å². The van der Waals surface area contributed by atoms with E-state index in [9.17, 15) is 4.79 Å². The number of ether oxygens (including phenoxy) is 1. The standard InChI is InChI=1S/C25H30N6O2/c1-17(2)31-14-12-19(13-15-31)29-25-27-16-22(23(26)32)24(30-25)28-18-8-10-21(11-9-18)33-20-6-4-3-5-7-20/h3-11,16-17,19H,12-15H2,1-2H3,(H2,26,32)(H2,27,28,29,30). The van der Waals surface area contributed by atoms with Crippen LogP contribution in [-0.2, 0) is 0 Å². The minimum Gasteiger partial charge on any atom is -0.457 e. The number of nitrogens with zero attached hydrogens (tertiary/aromatic N) is 3. The first-order valence-electron chi connectivity index (χ1n) is 11.3. The lowest BCUT2D eigenvalue weighted by atomic mass is 10.0. The van der Waals surface area contributed by atoms with Crippen molar-refractivity contribution in [2.75, 3.05) is 23.7 Å². The number of para-hydroxylation sites is 1. The maximum Gasteiger partial charge on any atom is 0.254 e. The molecule has 1 saturated heterocycles. The van der Waals surface area contributed by atoms with Crippen LogP contribution in [0.15, 0.2) is 60.8 Å². The topological polar surface area (TPSA) is 105 Å². The molecule has 1 aliphatic heterocycles. The lowest BCUT2D eigenvalue weighted by molar-refractivity contribution is 0.100. The van der Waals surface area contributed by atoms with E-state index in [1.807, 2.05) is 54.6 Å². The number of nitrogens with one attached hydrogen (secondary N) is 2. The van der Waals surface area contributed by atoms with Crippen LogP contribution in [-0.4, -0.2) is 45.9 Å². The number of rotatable bonds is 8. The molecule has 3 aromatic rings. The molecule has 0 radical (unpaired) electrons. The van der Waals surface area contributed by atoms with E-state index in [2.05, 4.69) is 39.3 Å². The molecule has 2 aromatic carbocycles. The average Bonchev–Trinajstić information content (AvgIpc) is 2.81. The maximum absolute atomic E-state index is 11.9. The van der Waals surface area contributed by atoms with E-state index in [0.717, 1.165) is 37.4 Å². The van der Waals surface area contributed by atoms with Gasteiger partial charge in [0.15, 0.2) is 0 Å². The molecule has 33 heavy (non-hydrogen) atoms. The Balaban J connectivity index is 1.44. The van der Waals surface area contributed by atoms with Crippen LogP contribution >= 0.6 is 0 Å². The second kappa shape index (κ2) is 10.3. The fraction of sp³-hybridized carbons (Fsp3) is 0.320. The van der Waals surface area contributed by atoms with Crippen LogP contribution in [0, 0.1) is 0 Å². The summed E-state index contributed by atoms with van der Waals surface area (Å²) in [5.74, 6) is 1.74. The molecule has 1 fully saturated rings. The number of aromatic nitrogens is 2. The molecular weight excluding hydrogens is 416 g/mol. The number of primary amides is 1. The van der Waals surface area contributed by atoms with Crippen LogP contribution in [0.1, 0.15) is 37.0 Å². The number of hydrogen-bond acceptors (Lipinski definition) is 7. The summed E-state index contributed by atoms with van der Waals surface area (Å²) in [6.45, 7) is 6.52. The minimum atomic E-state index is -0.585. The molecule has 0 bridgehead atoms. The summed E-state index contributed by atoms with van der Waals surface area (Å²) in [5.41, 5.74) is 6.54. The monoisotopic (exact) mass is 446 g/mol. The van der Waals surface area contributed by atoms with Crippen LogP contribution < -0.4 is 21.1 Å². The van der Waals surface area contributed by atoms with Gasteiger partial charge in [0.05, 0.1) is 0 Å². The Morgan fingerprint density at radius 2 is 1.73 bits per heavy atom. The van der Waals surface area contributed by atoms with Crippen molar-refractivity contribution in [1.82, 2.24) is 14.9 Å². The number of nitrogens with two attached hydrogens (primary N) is 1. The largest absolute Gasteiger partial charge is 0.457 e. The van der Waals surface area contributed by atoms with Crippen LogP contribution in [0.25, 0.3) is 0 Å². The van der Waals surface area contributed by atoms with Crippen molar-refractivity contribution < 1.29 is 9.53 Å². The number of carbonyl (C=O) groups excluding carboxylic acids is 1. The zero-order valence-electron chi connectivity index (χ0n) is 19.0. The summed E-state index contributed by atoms with van der Waals surface area (Å²) in [6.07, 6.45) is 3.51. The van der Waals surface area contributed by atoms with Crippen molar-refractivity contribution in [2.24, 2.45) is 5.73 Å². The van der Waals surface area contributed by atoms with Gasteiger partial charge in [-0.15, -0.1) is 0 Å². The minimum absolute atomic E-state index is 0.236. The Morgan fingerprint density at radius 1 is 1.06 bits per heavy atom. The van der Waals surface area contributed by atoms with Gasteiger partial charge in [0.25, 0.3) is 5.91 Å². The number of hydrogen-bond donors (Lipinski definition) is 3. The quantitative estimate of drug-likeness (QED) is 0.471. The van der Waals surface area contributed by atoms with Crippen LogP contribution in [0.3, 0.4) is 0 Å². The van der Waals surface area contributed by atoms with Gasteiger partial charge >= 0.3 is 0 Å². The van der Waals surface area contributed by atoms with Crippen LogP contribution in [0.4, 0.5) is 17.5 Å². The first-order chi connectivity index (χ1) is 16.0. The molecule has 1 aromatic heterocycles. The van der Waals surface area contributed by atoms with Gasteiger partial charge in [-0.05, 0) is 63.1 Å². The summed E-state index contributed by atoms with van der Waals surface area (Å²) in [6, 6.07) is 17.8. The fourth-order valence-corrected chi connectivity index (χ4v) is 3.84. The highest BCUT2D eigenvalue weighted by Gasteiger charge is 2.22. The van der Waals surface area contributed by atoms with E-state index in [4.69, 9.17) is 10.5 Å². The SMILES string of the molecule is CC(C)N1CCC(Nc2ncc(C(N)=O)c(Nc3ccc(Oc4ccccc4)cc3)n2)CC1. The Hall–Kier alpha value is -3.65. The third kappa shape index (κ3) is 5.98. The maximum atomic E-state index is 11.9. The molecule has 0 atom stereocenters. The van der Waals surface area contributed by atoms with E-state index in [0.29, 0.717) is 29.6 Å². The Morgan fingerprint density at radius 3 is 2.36 bits per heavy atom. The van der Waals surface area contributed by atoms with E-state index in [-0.39, 0.29) is 5.56 Å². The van der Waals surface area contributed by atoms with E-state index in [1.54, 1.807) is 0 Å². The van der Waals surface area contributed by atoms with Crippen LogP contribution in [0.5, 0.6) is 11.5 Å². The highest BCUT2D eigenvalue weighted by molar-refractivity contribution is 5.98. The first kappa shape index (κ1) is 22.5. The third-order valence-electron chi connectivity index (χ3n) is 5.74. The molecular formula is C25H30N6O2. The highest BCUT2D eigenvalue weighted by atomic mass is 16.5. The van der Waals surface area contributed by atoms with Crippen molar-refractivity contribution in [3.8, 4) is 11.5 Å². The van der Waals surface area contributed by atoms with Crippen molar-refractivity contribution in [1.29, 1.82) is 0 Å². The number of amides is 1. The Bertz CT molecular complexity index is 1060. The van der Waals surface area contributed by atoms with Crippen molar-refractivity contribution in [3.05, 3.63) is 66.4 Å². The number of likely N-dealkylation sites (tertiary alicyclic amines) is 1. The lowest BCUT2D eigenvalue weighted by Crippen LogP contribution is -2.42. The second-order valence-electron chi connectivity index (χ2n) is 8.43. The average molecular weight is 447 g/mol. The predicted molar refractivity (Wildman–Crippen MR) is 130 cm³/mol. The molecule has 1 aliphatic rings. The molecule has 2 heterocycles. The number of anilines is 3. The van der Waals surface area contributed by atoms with Crippen molar-refractivity contribution in [3.63, 3.8) is 0 Å². The molecule has 0 spiro atoms. The summed E-state index contributed by atoms with van der Waals surface area (Å²) >= 11 is 0. The zero-order valence-corrected chi connectivity index (χ0v) is 19.0. The number of carbonyl (C=O) groups is 1. The van der Waals surface area contributed by atoms with E-state index in [1.165, 1.54) is 6.20 Å². The molecule has 1 amide bonds. The van der Waals surface area contributed by atoms with E-state index >= 15 is 0 Å². The highest BCUT2D eigenvalue weighted by Crippen LogP contribution is 2.26.